The Bertz CT molecular complexity index is 651. The Morgan fingerprint density at radius 3 is 1.50 bits per heavy atom. The number of aryl methyl sites for hydroxylation is 2. The zero-order valence-corrected chi connectivity index (χ0v) is 24.8. The van der Waals surface area contributed by atoms with Crippen molar-refractivity contribution in [2.45, 2.75) is 99.3 Å². The Morgan fingerprint density at radius 2 is 1.19 bits per heavy atom. The van der Waals surface area contributed by atoms with Gasteiger partial charge in [0.15, 0.2) is 0 Å². The van der Waals surface area contributed by atoms with Gasteiger partial charge >= 0.3 is 0 Å². The standard InChI is InChI=1S/C18H33N5.C6H15N.C4H8O.ClH/c1-3-5-9-20-13-15-22(17-20)11-7-19-8-12-23-16-14-21(18-23)10-6-4-2;1-4-7(5-2)6-3;1-2-4-5-3-1;/h13-19H,3-12H2,1-2H3;4-6H2,1-3H3;1-4H2;1H/q+2;;;. The Morgan fingerprint density at radius 1 is 0.750 bits per heavy atom. The molecule has 0 saturated carbocycles. The van der Waals surface area contributed by atoms with E-state index in [-0.39, 0.29) is 12.4 Å². The molecule has 0 aromatic carbocycles. The van der Waals surface area contributed by atoms with E-state index in [1.165, 1.54) is 58.2 Å². The van der Waals surface area contributed by atoms with Crippen LogP contribution in [0.2, 0.25) is 0 Å². The third-order valence-electron chi connectivity index (χ3n) is 6.38. The summed E-state index contributed by atoms with van der Waals surface area (Å²) in [7, 11) is 0. The van der Waals surface area contributed by atoms with Gasteiger partial charge in [0, 0.05) is 13.2 Å². The van der Waals surface area contributed by atoms with E-state index < -0.39 is 0 Å². The number of rotatable bonds is 15. The molecular formula is C28H57ClN6O+2. The lowest BCUT2D eigenvalue weighted by molar-refractivity contribution is -0.697. The summed E-state index contributed by atoms with van der Waals surface area (Å²) in [5, 5.41) is 2.41. The van der Waals surface area contributed by atoms with Crippen molar-refractivity contribution in [2.75, 3.05) is 45.9 Å². The SMILES string of the molecule is C1CCOC1.CCCC[n+]1ccn(CC[NH2+]CCn2cc[n+](CCCC)c2)c1.CCN(CC)CC.[Cl-]. The smallest absolute Gasteiger partial charge is 0.243 e. The van der Waals surface area contributed by atoms with Gasteiger partial charge in [-0.25, -0.2) is 18.3 Å². The molecule has 36 heavy (non-hydrogen) atoms. The summed E-state index contributed by atoms with van der Waals surface area (Å²) < 4.78 is 14.1. The lowest BCUT2D eigenvalue weighted by Crippen LogP contribution is -3.00. The Kier molecular flexibility index (Phi) is 23.0. The molecule has 1 aliphatic rings. The van der Waals surface area contributed by atoms with Crippen LogP contribution in [0.1, 0.15) is 73.1 Å². The number of nitrogens with zero attached hydrogens (tertiary/aromatic N) is 5. The number of aromatic nitrogens is 4. The summed E-state index contributed by atoms with van der Waals surface area (Å²) in [5.74, 6) is 0. The second-order valence-corrected chi connectivity index (χ2v) is 9.29. The summed E-state index contributed by atoms with van der Waals surface area (Å²) in [6, 6.07) is 0. The van der Waals surface area contributed by atoms with E-state index in [4.69, 9.17) is 4.74 Å². The molecule has 2 aromatic heterocycles. The molecule has 7 nitrogen and oxygen atoms in total. The predicted octanol–water partition coefficient (Wildman–Crippen LogP) is -0.123. The molecule has 0 bridgehead atoms. The van der Waals surface area contributed by atoms with Crippen molar-refractivity contribution in [3.05, 3.63) is 37.4 Å². The highest BCUT2D eigenvalue weighted by Crippen LogP contribution is 1.98. The normalized spacial score (nSPS) is 12.5. The second kappa shape index (κ2) is 24.0. The van der Waals surface area contributed by atoms with Gasteiger partial charge in [0.1, 0.15) is 51.0 Å². The summed E-state index contributed by atoms with van der Waals surface area (Å²) in [4.78, 5) is 2.38. The van der Waals surface area contributed by atoms with Crippen molar-refractivity contribution in [2.24, 2.45) is 0 Å². The van der Waals surface area contributed by atoms with Crippen molar-refractivity contribution in [1.29, 1.82) is 0 Å². The van der Waals surface area contributed by atoms with E-state index >= 15 is 0 Å². The number of ether oxygens (including phenoxy) is 1. The van der Waals surface area contributed by atoms with Crippen LogP contribution in [-0.4, -0.2) is 60.0 Å². The molecule has 0 aliphatic carbocycles. The maximum atomic E-state index is 4.94. The number of hydrogen-bond donors (Lipinski definition) is 1. The van der Waals surface area contributed by atoms with E-state index in [9.17, 15) is 0 Å². The Labute approximate surface area is 228 Å². The lowest BCUT2D eigenvalue weighted by Gasteiger charge is -2.13. The minimum atomic E-state index is 0. The molecule has 0 amide bonds. The number of imidazole rings is 2. The highest BCUT2D eigenvalue weighted by molar-refractivity contribution is 4.66. The van der Waals surface area contributed by atoms with Gasteiger partial charge in [0.2, 0.25) is 12.7 Å². The zero-order valence-electron chi connectivity index (χ0n) is 24.1. The fraction of sp³-hybridized carbons (Fsp3) is 0.786. The molecule has 0 unspecified atom stereocenters. The van der Waals surface area contributed by atoms with Crippen molar-refractivity contribution in [1.82, 2.24) is 14.0 Å². The molecule has 2 N–H and O–H groups in total. The maximum Gasteiger partial charge on any atom is 0.243 e. The summed E-state index contributed by atoms with van der Waals surface area (Å²) in [6.07, 6.45) is 20.8. The summed E-state index contributed by atoms with van der Waals surface area (Å²) in [5.41, 5.74) is 0. The first-order valence-corrected chi connectivity index (χ1v) is 14.4. The van der Waals surface area contributed by atoms with Crippen LogP contribution in [0.5, 0.6) is 0 Å². The fourth-order valence-electron chi connectivity index (χ4n) is 3.89. The predicted molar refractivity (Wildman–Crippen MR) is 144 cm³/mol. The van der Waals surface area contributed by atoms with Gasteiger partial charge in [-0.3, -0.25) is 0 Å². The van der Waals surface area contributed by atoms with Gasteiger partial charge in [-0.15, -0.1) is 0 Å². The van der Waals surface area contributed by atoms with Crippen LogP contribution in [-0.2, 0) is 30.9 Å². The molecule has 0 radical (unpaired) electrons. The minimum absolute atomic E-state index is 0. The first kappa shape index (κ1) is 34.6. The highest BCUT2D eigenvalue weighted by Gasteiger charge is 2.06. The van der Waals surface area contributed by atoms with Crippen molar-refractivity contribution in [3.8, 4) is 0 Å². The number of quaternary nitrogens is 1. The number of unbranched alkanes of at least 4 members (excludes halogenated alkanes) is 2. The molecule has 0 atom stereocenters. The van der Waals surface area contributed by atoms with Gasteiger partial charge in [-0.2, -0.15) is 0 Å². The van der Waals surface area contributed by atoms with Crippen molar-refractivity contribution < 1.29 is 31.6 Å². The Balaban J connectivity index is 0.000000775. The van der Waals surface area contributed by atoms with Gasteiger partial charge in [-0.1, -0.05) is 47.5 Å². The fourth-order valence-corrected chi connectivity index (χ4v) is 3.89. The monoisotopic (exact) mass is 528 g/mol. The summed E-state index contributed by atoms with van der Waals surface area (Å²) in [6.45, 7) is 23.3. The number of hydrogen-bond acceptors (Lipinski definition) is 2. The van der Waals surface area contributed by atoms with Crippen LogP contribution in [0, 0.1) is 0 Å². The first-order valence-electron chi connectivity index (χ1n) is 14.4. The van der Waals surface area contributed by atoms with Crippen LogP contribution in [0.15, 0.2) is 37.4 Å². The molecule has 3 heterocycles. The topological polar surface area (TPSA) is 46.7 Å². The molecule has 1 saturated heterocycles. The van der Waals surface area contributed by atoms with Gasteiger partial charge in [0.05, 0.1) is 13.1 Å². The minimum Gasteiger partial charge on any atom is -1.00 e. The van der Waals surface area contributed by atoms with Gasteiger partial charge in [-0.05, 0) is 45.3 Å². The molecule has 2 aromatic rings. The van der Waals surface area contributed by atoms with E-state index in [1.807, 2.05) is 0 Å². The molecule has 8 heteroatoms. The number of nitrogens with two attached hydrogens (primary N) is 1. The van der Waals surface area contributed by atoms with E-state index in [1.54, 1.807) is 0 Å². The average Bonchev–Trinajstić information content (AvgIpc) is 3.67. The van der Waals surface area contributed by atoms with E-state index in [0.717, 1.165) is 52.5 Å². The zero-order chi connectivity index (χ0) is 25.6. The molecule has 1 aliphatic heterocycles. The average molecular weight is 529 g/mol. The van der Waals surface area contributed by atoms with Crippen LogP contribution < -0.4 is 26.9 Å². The van der Waals surface area contributed by atoms with Crippen molar-refractivity contribution in [3.63, 3.8) is 0 Å². The van der Waals surface area contributed by atoms with Gasteiger partial charge < -0.3 is 27.4 Å². The van der Waals surface area contributed by atoms with Crippen LogP contribution in [0.4, 0.5) is 0 Å². The number of halogens is 1. The second-order valence-electron chi connectivity index (χ2n) is 9.29. The Hall–Kier alpha value is -1.41. The van der Waals surface area contributed by atoms with Crippen LogP contribution in [0.25, 0.3) is 0 Å². The van der Waals surface area contributed by atoms with Crippen LogP contribution >= 0.6 is 0 Å². The molecule has 3 rings (SSSR count). The maximum absolute atomic E-state index is 4.94. The molecule has 0 spiro atoms. The van der Waals surface area contributed by atoms with E-state index in [2.05, 4.69) is 101 Å². The van der Waals surface area contributed by atoms with Crippen LogP contribution in [0.3, 0.4) is 0 Å². The highest BCUT2D eigenvalue weighted by atomic mass is 35.5. The van der Waals surface area contributed by atoms with E-state index in [0.29, 0.717) is 0 Å². The van der Waals surface area contributed by atoms with Gasteiger partial charge in [0.25, 0.3) is 0 Å². The largest absolute Gasteiger partial charge is 1.00 e. The molecular weight excluding hydrogens is 472 g/mol. The molecule has 1 fully saturated rings. The quantitative estimate of drug-likeness (QED) is 0.259. The summed E-state index contributed by atoms with van der Waals surface area (Å²) >= 11 is 0. The third kappa shape index (κ3) is 17.1. The first-order chi connectivity index (χ1) is 17.2. The molecule has 210 valence electrons. The third-order valence-corrected chi connectivity index (χ3v) is 6.38. The lowest BCUT2D eigenvalue weighted by atomic mass is 10.3. The van der Waals surface area contributed by atoms with Crippen molar-refractivity contribution >= 4 is 0 Å².